The lowest BCUT2D eigenvalue weighted by molar-refractivity contribution is -0.385. The van der Waals surface area contributed by atoms with Crippen LogP contribution in [0.4, 0.5) is 5.69 Å². The van der Waals surface area contributed by atoms with Crippen LogP contribution in [-0.2, 0) is 10.1 Å². The number of nitro benzene ring substituents is 1. The van der Waals surface area contributed by atoms with Gasteiger partial charge in [-0.2, -0.15) is 8.42 Å². The van der Waals surface area contributed by atoms with Gasteiger partial charge in [0.25, 0.3) is 11.6 Å². The maximum atomic E-state index is 12.4. The maximum Gasteiger partial charge on any atom is 0.339 e. The maximum absolute atomic E-state index is 12.4. The van der Waals surface area contributed by atoms with Gasteiger partial charge in [0, 0.05) is 30.1 Å². The van der Waals surface area contributed by atoms with E-state index in [0.717, 1.165) is 11.6 Å². The number of hydrogen-bond acceptors (Lipinski definition) is 7. The van der Waals surface area contributed by atoms with Crippen molar-refractivity contribution in [3.63, 3.8) is 0 Å². The van der Waals surface area contributed by atoms with Gasteiger partial charge in [0.1, 0.15) is 10.6 Å². The lowest BCUT2D eigenvalue weighted by Gasteiger charge is -2.14. The third-order valence-corrected chi connectivity index (χ3v) is 5.44. The molecule has 0 aliphatic heterocycles. The van der Waals surface area contributed by atoms with Crippen molar-refractivity contribution in [2.75, 3.05) is 0 Å². The number of carbonyl (C=O) groups excluding carboxylic acids is 1. The molecule has 2 aromatic carbocycles. The minimum atomic E-state index is -4.27. The van der Waals surface area contributed by atoms with Crippen LogP contribution in [0.25, 0.3) is 0 Å². The standard InChI is InChI=1S/C20H17N3O6S/c1-14(15-9-11-21-12-10-15)22-20(24)16-5-7-18(8-6-16)29-30(27,28)19-4-2-3-17(13-19)23(25)26/h2-14H,1H3,(H,22,24). The largest absolute Gasteiger partial charge is 0.379 e. The first-order valence-electron chi connectivity index (χ1n) is 8.76. The van der Waals surface area contributed by atoms with Crippen molar-refractivity contribution in [2.45, 2.75) is 17.9 Å². The van der Waals surface area contributed by atoms with Crippen LogP contribution in [0.1, 0.15) is 28.9 Å². The molecule has 1 heterocycles. The molecule has 0 bridgehead atoms. The van der Waals surface area contributed by atoms with E-state index < -0.39 is 15.0 Å². The summed E-state index contributed by atoms with van der Waals surface area (Å²) in [7, 11) is -4.27. The Morgan fingerprint density at radius 1 is 1.10 bits per heavy atom. The molecule has 0 spiro atoms. The summed E-state index contributed by atoms with van der Waals surface area (Å²) in [4.78, 5) is 26.1. The summed E-state index contributed by atoms with van der Waals surface area (Å²) in [5.41, 5.74) is 0.840. The van der Waals surface area contributed by atoms with Crippen molar-refractivity contribution in [1.29, 1.82) is 0 Å². The van der Waals surface area contributed by atoms with Gasteiger partial charge in [-0.3, -0.25) is 19.9 Å². The van der Waals surface area contributed by atoms with E-state index in [2.05, 4.69) is 10.3 Å². The quantitative estimate of drug-likeness (QED) is 0.348. The predicted octanol–water partition coefficient (Wildman–Crippen LogP) is 3.25. The second-order valence-electron chi connectivity index (χ2n) is 6.29. The molecule has 0 aliphatic carbocycles. The average Bonchev–Trinajstić information content (AvgIpc) is 2.74. The Balaban J connectivity index is 1.70. The minimum absolute atomic E-state index is 0.0276. The van der Waals surface area contributed by atoms with Gasteiger partial charge in [-0.15, -0.1) is 0 Å². The number of non-ortho nitro benzene ring substituents is 1. The molecule has 1 unspecified atom stereocenters. The Morgan fingerprint density at radius 2 is 1.77 bits per heavy atom. The number of nitro groups is 1. The Bertz CT molecular complexity index is 1160. The van der Waals surface area contributed by atoms with Crippen LogP contribution >= 0.6 is 0 Å². The molecular formula is C20H17N3O6S. The molecule has 154 valence electrons. The summed E-state index contributed by atoms with van der Waals surface area (Å²) < 4.78 is 29.8. The lowest BCUT2D eigenvalue weighted by atomic mass is 10.1. The number of benzene rings is 2. The zero-order valence-electron chi connectivity index (χ0n) is 15.8. The van der Waals surface area contributed by atoms with Crippen LogP contribution in [0, 0.1) is 10.1 Å². The molecule has 10 heteroatoms. The number of aromatic nitrogens is 1. The third kappa shape index (κ3) is 4.97. The zero-order valence-corrected chi connectivity index (χ0v) is 16.6. The van der Waals surface area contributed by atoms with E-state index in [1.165, 1.54) is 42.5 Å². The van der Waals surface area contributed by atoms with Gasteiger partial charge in [0.15, 0.2) is 0 Å². The second kappa shape index (κ2) is 8.70. The van der Waals surface area contributed by atoms with Crippen LogP contribution in [0.15, 0.2) is 78.0 Å². The zero-order chi connectivity index (χ0) is 21.7. The summed E-state index contributed by atoms with van der Waals surface area (Å²) in [6, 6.07) is 13.4. The molecule has 30 heavy (non-hydrogen) atoms. The summed E-state index contributed by atoms with van der Waals surface area (Å²) in [5.74, 6) is -0.368. The topological polar surface area (TPSA) is 128 Å². The highest BCUT2D eigenvalue weighted by Crippen LogP contribution is 2.22. The number of hydrogen-bond donors (Lipinski definition) is 1. The SMILES string of the molecule is CC(NC(=O)c1ccc(OS(=O)(=O)c2cccc([N+](=O)[O-])c2)cc1)c1ccncc1. The Kier molecular flexibility index (Phi) is 6.07. The fourth-order valence-electron chi connectivity index (χ4n) is 2.60. The molecule has 0 aliphatic rings. The number of carbonyl (C=O) groups is 1. The van der Waals surface area contributed by atoms with Crippen molar-refractivity contribution in [2.24, 2.45) is 0 Å². The number of amides is 1. The Labute approximate surface area is 172 Å². The summed E-state index contributed by atoms with van der Waals surface area (Å²) in [6.07, 6.45) is 3.26. The second-order valence-corrected chi connectivity index (χ2v) is 7.84. The summed E-state index contributed by atoms with van der Waals surface area (Å²) in [6.45, 7) is 1.83. The first-order valence-corrected chi connectivity index (χ1v) is 10.2. The monoisotopic (exact) mass is 427 g/mol. The lowest BCUT2D eigenvalue weighted by Crippen LogP contribution is -2.26. The van der Waals surface area contributed by atoms with E-state index in [0.29, 0.717) is 5.56 Å². The molecule has 3 aromatic rings. The fraction of sp³-hybridized carbons (Fsp3) is 0.100. The molecule has 0 saturated heterocycles. The molecule has 3 rings (SSSR count). The number of nitrogens with one attached hydrogen (secondary N) is 1. The normalized spacial score (nSPS) is 12.0. The van der Waals surface area contributed by atoms with E-state index in [9.17, 15) is 23.3 Å². The highest BCUT2D eigenvalue weighted by atomic mass is 32.2. The highest BCUT2D eigenvalue weighted by Gasteiger charge is 2.20. The van der Waals surface area contributed by atoms with E-state index >= 15 is 0 Å². The van der Waals surface area contributed by atoms with E-state index in [4.69, 9.17) is 4.18 Å². The van der Waals surface area contributed by atoms with Crippen molar-refractivity contribution in [1.82, 2.24) is 10.3 Å². The number of nitrogens with zero attached hydrogens (tertiary/aromatic N) is 2. The molecule has 1 amide bonds. The van der Waals surface area contributed by atoms with Crippen LogP contribution in [0.2, 0.25) is 0 Å². The smallest absolute Gasteiger partial charge is 0.339 e. The molecule has 1 atom stereocenters. The Hall–Kier alpha value is -3.79. The van der Waals surface area contributed by atoms with Gasteiger partial charge < -0.3 is 9.50 Å². The van der Waals surface area contributed by atoms with E-state index in [1.54, 1.807) is 24.5 Å². The van der Waals surface area contributed by atoms with E-state index in [-0.39, 0.29) is 28.3 Å². The van der Waals surface area contributed by atoms with Crippen molar-refractivity contribution in [3.05, 3.63) is 94.3 Å². The Morgan fingerprint density at radius 3 is 2.40 bits per heavy atom. The van der Waals surface area contributed by atoms with Gasteiger partial charge in [-0.25, -0.2) is 0 Å². The molecule has 9 nitrogen and oxygen atoms in total. The first-order chi connectivity index (χ1) is 14.3. The average molecular weight is 427 g/mol. The minimum Gasteiger partial charge on any atom is -0.379 e. The van der Waals surface area contributed by atoms with Crippen LogP contribution in [-0.4, -0.2) is 24.2 Å². The highest BCUT2D eigenvalue weighted by molar-refractivity contribution is 7.87. The summed E-state index contributed by atoms with van der Waals surface area (Å²) in [5, 5.41) is 13.7. The third-order valence-electron chi connectivity index (χ3n) is 4.19. The van der Waals surface area contributed by atoms with Crippen molar-refractivity contribution in [3.8, 4) is 5.75 Å². The first kappa shape index (κ1) is 20.9. The molecule has 0 fully saturated rings. The van der Waals surface area contributed by atoms with Crippen molar-refractivity contribution < 1.29 is 22.3 Å². The molecule has 1 aromatic heterocycles. The molecule has 0 saturated carbocycles. The van der Waals surface area contributed by atoms with Gasteiger partial charge in [0.2, 0.25) is 0 Å². The predicted molar refractivity (Wildman–Crippen MR) is 107 cm³/mol. The molecular weight excluding hydrogens is 410 g/mol. The molecule has 1 N–H and O–H groups in total. The van der Waals surface area contributed by atoms with Crippen LogP contribution in [0.3, 0.4) is 0 Å². The van der Waals surface area contributed by atoms with Gasteiger partial charge in [-0.1, -0.05) is 6.07 Å². The van der Waals surface area contributed by atoms with Gasteiger partial charge in [-0.05, 0) is 55.0 Å². The fourth-order valence-corrected chi connectivity index (χ4v) is 3.58. The number of pyridine rings is 1. The van der Waals surface area contributed by atoms with Crippen LogP contribution < -0.4 is 9.50 Å². The van der Waals surface area contributed by atoms with Crippen LogP contribution in [0.5, 0.6) is 5.75 Å². The number of rotatable bonds is 7. The van der Waals surface area contributed by atoms with Gasteiger partial charge in [0.05, 0.1) is 11.0 Å². The summed E-state index contributed by atoms with van der Waals surface area (Å²) >= 11 is 0. The van der Waals surface area contributed by atoms with Crippen molar-refractivity contribution >= 4 is 21.7 Å². The van der Waals surface area contributed by atoms with E-state index in [1.807, 2.05) is 6.92 Å². The van der Waals surface area contributed by atoms with Gasteiger partial charge >= 0.3 is 10.1 Å². The molecule has 0 radical (unpaired) electrons.